The molecule has 2 aromatic rings. The number of carbonyl (C=O) groups is 2. The van der Waals surface area contributed by atoms with Crippen LogP contribution in [0.25, 0.3) is 0 Å². The molecule has 1 N–H and O–H groups in total. The van der Waals surface area contributed by atoms with Gasteiger partial charge in [-0.1, -0.05) is 18.2 Å². The zero-order valence-corrected chi connectivity index (χ0v) is 16.6. The van der Waals surface area contributed by atoms with Gasteiger partial charge in [-0.25, -0.2) is 0 Å². The summed E-state index contributed by atoms with van der Waals surface area (Å²) in [6.07, 6.45) is 3.67. The molecule has 1 aliphatic rings. The predicted octanol–water partition coefficient (Wildman–Crippen LogP) is 2.82. The van der Waals surface area contributed by atoms with Gasteiger partial charge in [0, 0.05) is 38.3 Å². The van der Waals surface area contributed by atoms with Crippen molar-refractivity contribution < 1.29 is 14.3 Å². The van der Waals surface area contributed by atoms with E-state index in [9.17, 15) is 9.59 Å². The van der Waals surface area contributed by atoms with Crippen LogP contribution < -0.4 is 4.90 Å². The first kappa shape index (κ1) is 20.1. The molecule has 0 atom stereocenters. The highest BCUT2D eigenvalue weighted by Crippen LogP contribution is 2.30. The molecule has 1 aromatic carbocycles. The third kappa shape index (κ3) is 4.42. The lowest BCUT2D eigenvalue weighted by Crippen LogP contribution is -2.39. The maximum absolute atomic E-state index is 13.2. The van der Waals surface area contributed by atoms with Gasteiger partial charge in [0.1, 0.15) is 0 Å². The highest BCUT2D eigenvalue weighted by Gasteiger charge is 2.29. The molecule has 0 saturated carbocycles. The molecule has 28 heavy (non-hydrogen) atoms. The fourth-order valence-corrected chi connectivity index (χ4v) is 3.74. The van der Waals surface area contributed by atoms with Gasteiger partial charge in [0.15, 0.2) is 0 Å². The first-order valence-electron chi connectivity index (χ1n) is 9.82. The van der Waals surface area contributed by atoms with Gasteiger partial charge in [-0.05, 0) is 31.9 Å². The SMILES string of the molecule is CCN(C(=O)c1cn[nH]c1C1CCN(C(=O)CCOC)CC1)c1ccccc1. The Hall–Kier alpha value is -2.67. The van der Waals surface area contributed by atoms with Gasteiger partial charge in [0.05, 0.1) is 30.5 Å². The summed E-state index contributed by atoms with van der Waals surface area (Å²) in [7, 11) is 1.60. The smallest absolute Gasteiger partial charge is 0.261 e. The number of para-hydroxylation sites is 1. The molecule has 2 heterocycles. The molecule has 3 rings (SSSR count). The Morgan fingerprint density at radius 2 is 1.96 bits per heavy atom. The minimum Gasteiger partial charge on any atom is -0.384 e. The second-order valence-electron chi connectivity index (χ2n) is 6.98. The van der Waals surface area contributed by atoms with E-state index in [4.69, 9.17) is 4.74 Å². The predicted molar refractivity (Wildman–Crippen MR) is 107 cm³/mol. The van der Waals surface area contributed by atoms with Crippen LogP contribution in [0.5, 0.6) is 0 Å². The summed E-state index contributed by atoms with van der Waals surface area (Å²) in [5.74, 6) is 0.279. The van der Waals surface area contributed by atoms with Crippen molar-refractivity contribution in [2.24, 2.45) is 0 Å². The van der Waals surface area contributed by atoms with E-state index >= 15 is 0 Å². The lowest BCUT2D eigenvalue weighted by atomic mass is 9.91. The number of rotatable bonds is 7. The number of piperidine rings is 1. The van der Waals surface area contributed by atoms with Gasteiger partial charge in [-0.3, -0.25) is 14.7 Å². The van der Waals surface area contributed by atoms with Crippen LogP contribution in [0, 0.1) is 0 Å². The Bertz CT molecular complexity index is 782. The van der Waals surface area contributed by atoms with E-state index in [2.05, 4.69) is 10.2 Å². The van der Waals surface area contributed by atoms with Crippen molar-refractivity contribution in [2.45, 2.75) is 32.1 Å². The quantitative estimate of drug-likeness (QED) is 0.796. The molecule has 0 unspecified atom stereocenters. The molecule has 7 nitrogen and oxygen atoms in total. The lowest BCUT2D eigenvalue weighted by Gasteiger charge is -2.32. The van der Waals surface area contributed by atoms with Gasteiger partial charge in [-0.2, -0.15) is 5.10 Å². The Morgan fingerprint density at radius 1 is 1.25 bits per heavy atom. The van der Waals surface area contributed by atoms with Crippen LogP contribution in [0.1, 0.15) is 48.2 Å². The zero-order chi connectivity index (χ0) is 19.9. The molecule has 0 aliphatic carbocycles. The van der Waals surface area contributed by atoms with Crippen LogP contribution in [0.3, 0.4) is 0 Å². The van der Waals surface area contributed by atoms with Crippen molar-refractivity contribution in [1.29, 1.82) is 0 Å². The van der Waals surface area contributed by atoms with Crippen molar-refractivity contribution in [1.82, 2.24) is 15.1 Å². The fraction of sp³-hybridized carbons (Fsp3) is 0.476. The molecule has 0 spiro atoms. The number of aromatic amines is 1. The van der Waals surface area contributed by atoms with Crippen molar-refractivity contribution in [2.75, 3.05) is 38.3 Å². The number of likely N-dealkylation sites (tertiary alicyclic amines) is 1. The average Bonchev–Trinajstić information content (AvgIpc) is 3.23. The van der Waals surface area contributed by atoms with Crippen LogP contribution in [0.2, 0.25) is 0 Å². The summed E-state index contributed by atoms with van der Waals surface area (Å²) in [5.41, 5.74) is 2.37. The van der Waals surface area contributed by atoms with Crippen molar-refractivity contribution in [3.63, 3.8) is 0 Å². The highest BCUT2D eigenvalue weighted by atomic mass is 16.5. The summed E-state index contributed by atoms with van der Waals surface area (Å²) in [5, 5.41) is 7.20. The van der Waals surface area contributed by atoms with Gasteiger partial charge < -0.3 is 14.5 Å². The van der Waals surface area contributed by atoms with E-state index in [1.165, 1.54) is 0 Å². The summed E-state index contributed by atoms with van der Waals surface area (Å²) in [4.78, 5) is 29.0. The molecule has 1 aliphatic heterocycles. The first-order chi connectivity index (χ1) is 13.7. The summed E-state index contributed by atoms with van der Waals surface area (Å²) < 4.78 is 4.99. The Balaban J connectivity index is 1.69. The highest BCUT2D eigenvalue weighted by molar-refractivity contribution is 6.06. The van der Waals surface area contributed by atoms with Crippen molar-refractivity contribution in [3.05, 3.63) is 47.8 Å². The number of methoxy groups -OCH3 is 1. The minimum atomic E-state index is -0.0453. The number of nitrogens with zero attached hydrogens (tertiary/aromatic N) is 3. The van der Waals surface area contributed by atoms with E-state index in [1.54, 1.807) is 18.2 Å². The van der Waals surface area contributed by atoms with Crippen LogP contribution in [-0.4, -0.2) is 60.3 Å². The number of aromatic nitrogens is 2. The van der Waals surface area contributed by atoms with Gasteiger partial charge in [0.2, 0.25) is 5.91 Å². The number of H-pyrrole nitrogens is 1. The van der Waals surface area contributed by atoms with Crippen molar-refractivity contribution in [3.8, 4) is 0 Å². The second kappa shape index (κ2) is 9.50. The third-order valence-electron chi connectivity index (χ3n) is 5.30. The van der Waals surface area contributed by atoms with E-state index in [-0.39, 0.29) is 17.7 Å². The Kier molecular flexibility index (Phi) is 6.81. The number of ether oxygens (including phenoxy) is 1. The number of hydrogen-bond donors (Lipinski definition) is 1. The largest absolute Gasteiger partial charge is 0.384 e. The number of hydrogen-bond acceptors (Lipinski definition) is 4. The summed E-state index contributed by atoms with van der Waals surface area (Å²) >= 11 is 0. The number of carbonyl (C=O) groups excluding carboxylic acids is 2. The van der Waals surface area contributed by atoms with E-state index in [0.29, 0.717) is 38.2 Å². The Labute approximate surface area is 165 Å². The van der Waals surface area contributed by atoms with E-state index in [1.807, 2.05) is 42.2 Å². The maximum atomic E-state index is 13.2. The molecule has 150 valence electrons. The lowest BCUT2D eigenvalue weighted by molar-refractivity contribution is -0.133. The standard InChI is InChI=1S/C21H28N4O3/c1-3-25(17-7-5-4-6-8-17)21(27)18-15-22-23-20(18)16-9-12-24(13-10-16)19(26)11-14-28-2/h4-8,15-16H,3,9-14H2,1-2H3,(H,22,23). The molecule has 7 heteroatoms. The molecule has 1 aromatic heterocycles. The zero-order valence-electron chi connectivity index (χ0n) is 16.6. The molecular formula is C21H28N4O3. The van der Waals surface area contributed by atoms with Gasteiger partial charge in [0.25, 0.3) is 5.91 Å². The molecule has 1 fully saturated rings. The van der Waals surface area contributed by atoms with Crippen LogP contribution in [-0.2, 0) is 9.53 Å². The summed E-state index contributed by atoms with van der Waals surface area (Å²) in [6, 6.07) is 9.67. The molecule has 1 saturated heterocycles. The topological polar surface area (TPSA) is 78.5 Å². The van der Waals surface area contributed by atoms with Crippen LogP contribution >= 0.6 is 0 Å². The van der Waals surface area contributed by atoms with E-state index < -0.39 is 0 Å². The number of nitrogens with one attached hydrogen (secondary N) is 1. The first-order valence-corrected chi connectivity index (χ1v) is 9.82. The normalized spacial score (nSPS) is 14.9. The second-order valence-corrected chi connectivity index (χ2v) is 6.98. The molecule has 2 amide bonds. The van der Waals surface area contributed by atoms with Gasteiger partial charge >= 0.3 is 0 Å². The van der Waals surface area contributed by atoms with Gasteiger partial charge in [-0.15, -0.1) is 0 Å². The Morgan fingerprint density at radius 3 is 2.61 bits per heavy atom. The minimum absolute atomic E-state index is 0.0453. The molecule has 0 bridgehead atoms. The molecule has 0 radical (unpaired) electrons. The maximum Gasteiger partial charge on any atom is 0.261 e. The van der Waals surface area contributed by atoms with Crippen LogP contribution in [0.15, 0.2) is 36.5 Å². The third-order valence-corrected chi connectivity index (χ3v) is 5.30. The fourth-order valence-electron chi connectivity index (χ4n) is 3.74. The molecular weight excluding hydrogens is 356 g/mol. The summed E-state index contributed by atoms with van der Waals surface area (Å²) in [6.45, 7) is 4.38. The van der Waals surface area contributed by atoms with Crippen molar-refractivity contribution >= 4 is 17.5 Å². The van der Waals surface area contributed by atoms with E-state index in [0.717, 1.165) is 24.2 Å². The number of benzene rings is 1. The average molecular weight is 384 g/mol. The monoisotopic (exact) mass is 384 g/mol. The number of amides is 2. The van der Waals surface area contributed by atoms with Crippen LogP contribution in [0.4, 0.5) is 5.69 Å². The number of anilines is 1.